The van der Waals surface area contributed by atoms with E-state index in [-0.39, 0.29) is 35.2 Å². The molecule has 0 unspecified atom stereocenters. The lowest BCUT2D eigenvalue weighted by atomic mass is 9.98. The number of hydrogen-bond donors (Lipinski definition) is 0. The molecule has 2 fully saturated rings. The molecule has 0 aromatic heterocycles. The fourth-order valence-corrected chi connectivity index (χ4v) is 6.88. The first-order chi connectivity index (χ1) is 14.8. The number of likely N-dealkylation sites (tertiary alicyclic amines) is 1. The molecule has 1 aromatic carbocycles. The molecule has 7 nitrogen and oxygen atoms in total. The third-order valence-corrected chi connectivity index (χ3v) is 8.76. The van der Waals surface area contributed by atoms with Gasteiger partial charge in [-0.1, -0.05) is 12.8 Å². The Labute approximate surface area is 185 Å². The average Bonchev–Trinajstić information content (AvgIpc) is 2.90. The Morgan fingerprint density at radius 2 is 1.71 bits per heavy atom. The molecule has 3 aliphatic rings. The predicted octanol–water partition coefficient (Wildman–Crippen LogP) is 2.79. The van der Waals surface area contributed by atoms with E-state index in [9.17, 15) is 18.0 Å². The second-order valence-electron chi connectivity index (χ2n) is 9.17. The molecular formula is C23H33N3O4S. The second kappa shape index (κ2) is 8.90. The summed E-state index contributed by atoms with van der Waals surface area (Å²) in [6.45, 7) is 5.78. The van der Waals surface area contributed by atoms with Gasteiger partial charge in [-0.15, -0.1) is 0 Å². The maximum absolute atomic E-state index is 13.4. The van der Waals surface area contributed by atoms with E-state index in [2.05, 4.69) is 0 Å². The van der Waals surface area contributed by atoms with Gasteiger partial charge in [0.05, 0.1) is 10.8 Å². The predicted molar refractivity (Wildman–Crippen MR) is 119 cm³/mol. The van der Waals surface area contributed by atoms with E-state index in [4.69, 9.17) is 0 Å². The standard InChI is InChI=1S/C23H33N3O4S/c1-17-14-20-15-21(9-10-22(20)26(17)18(2)27)31(29,30)25-13-7-8-19(16-25)23(28)24-11-5-3-4-6-12-24/h9-10,15,17,19H,3-8,11-14,16H2,1-2H3/t17-,19-/m1/s1. The van der Waals surface area contributed by atoms with Gasteiger partial charge in [0.15, 0.2) is 0 Å². The topological polar surface area (TPSA) is 78.0 Å². The lowest BCUT2D eigenvalue weighted by Crippen LogP contribution is -2.47. The van der Waals surface area contributed by atoms with E-state index in [0.717, 1.165) is 56.4 Å². The first-order valence-corrected chi connectivity index (χ1v) is 12.9. The molecule has 0 N–H and O–H groups in total. The van der Waals surface area contributed by atoms with Crippen molar-refractivity contribution >= 4 is 27.5 Å². The quantitative estimate of drug-likeness (QED) is 0.714. The van der Waals surface area contributed by atoms with E-state index in [1.54, 1.807) is 23.1 Å². The van der Waals surface area contributed by atoms with E-state index >= 15 is 0 Å². The van der Waals surface area contributed by atoms with Gasteiger partial charge < -0.3 is 9.80 Å². The third-order valence-electron chi connectivity index (χ3n) is 6.89. The van der Waals surface area contributed by atoms with Gasteiger partial charge in [0.2, 0.25) is 21.8 Å². The van der Waals surface area contributed by atoms with Crippen LogP contribution in [-0.4, -0.2) is 61.7 Å². The lowest BCUT2D eigenvalue weighted by Gasteiger charge is -2.34. The lowest BCUT2D eigenvalue weighted by molar-refractivity contribution is -0.136. The van der Waals surface area contributed by atoms with Crippen LogP contribution in [-0.2, 0) is 26.0 Å². The van der Waals surface area contributed by atoms with Gasteiger partial charge in [-0.2, -0.15) is 4.31 Å². The summed E-state index contributed by atoms with van der Waals surface area (Å²) in [6, 6.07) is 5.08. The number of carbonyl (C=O) groups is 2. The molecule has 2 amide bonds. The normalized spacial score (nSPS) is 25.2. The molecule has 0 aliphatic carbocycles. The maximum Gasteiger partial charge on any atom is 0.243 e. The number of fused-ring (bicyclic) bond motifs is 1. The minimum Gasteiger partial charge on any atom is -0.342 e. The molecule has 0 bridgehead atoms. The molecular weight excluding hydrogens is 414 g/mol. The summed E-state index contributed by atoms with van der Waals surface area (Å²) in [4.78, 5) is 29.0. The third kappa shape index (κ3) is 4.37. The number of rotatable bonds is 3. The maximum atomic E-state index is 13.4. The Balaban J connectivity index is 1.52. The summed E-state index contributed by atoms with van der Waals surface area (Å²) in [5.41, 5.74) is 1.68. The SMILES string of the molecule is CC(=O)N1c2ccc(S(=O)(=O)N3CCC[C@@H](C(=O)N4CCCCCC4)C3)cc2C[C@H]1C. The summed E-state index contributed by atoms with van der Waals surface area (Å²) in [5, 5.41) is 0. The van der Waals surface area contributed by atoms with Crippen molar-refractivity contribution in [3.8, 4) is 0 Å². The highest BCUT2D eigenvalue weighted by molar-refractivity contribution is 7.89. The van der Waals surface area contributed by atoms with Crippen molar-refractivity contribution in [1.82, 2.24) is 9.21 Å². The van der Waals surface area contributed by atoms with Crippen molar-refractivity contribution < 1.29 is 18.0 Å². The molecule has 0 spiro atoms. The first kappa shape index (κ1) is 22.3. The van der Waals surface area contributed by atoms with E-state index in [0.29, 0.717) is 19.4 Å². The zero-order valence-electron chi connectivity index (χ0n) is 18.5. The van der Waals surface area contributed by atoms with Crippen molar-refractivity contribution in [3.63, 3.8) is 0 Å². The molecule has 8 heteroatoms. The Morgan fingerprint density at radius 3 is 2.39 bits per heavy atom. The fraction of sp³-hybridized carbons (Fsp3) is 0.652. The number of piperidine rings is 1. The average molecular weight is 448 g/mol. The van der Waals surface area contributed by atoms with Gasteiger partial charge in [-0.3, -0.25) is 9.59 Å². The second-order valence-corrected chi connectivity index (χ2v) is 11.1. The van der Waals surface area contributed by atoms with Crippen LogP contribution in [0.5, 0.6) is 0 Å². The van der Waals surface area contributed by atoms with Crippen molar-refractivity contribution in [2.75, 3.05) is 31.1 Å². The molecule has 3 aliphatic heterocycles. The summed E-state index contributed by atoms with van der Waals surface area (Å²) < 4.78 is 28.3. The Bertz CT molecular complexity index is 954. The number of carbonyl (C=O) groups excluding carboxylic acids is 2. The highest BCUT2D eigenvalue weighted by Crippen LogP contribution is 2.35. The van der Waals surface area contributed by atoms with Gasteiger partial charge in [0.1, 0.15) is 0 Å². The number of benzene rings is 1. The fourth-order valence-electron chi connectivity index (χ4n) is 5.31. The molecule has 170 valence electrons. The van der Waals surface area contributed by atoms with Crippen molar-refractivity contribution in [2.45, 2.75) is 69.7 Å². The van der Waals surface area contributed by atoms with Crippen LogP contribution in [0.3, 0.4) is 0 Å². The van der Waals surface area contributed by atoms with Gasteiger partial charge in [0.25, 0.3) is 0 Å². The molecule has 31 heavy (non-hydrogen) atoms. The number of sulfonamides is 1. The van der Waals surface area contributed by atoms with Crippen molar-refractivity contribution in [2.24, 2.45) is 5.92 Å². The van der Waals surface area contributed by atoms with Crippen molar-refractivity contribution in [3.05, 3.63) is 23.8 Å². The Morgan fingerprint density at radius 1 is 1.00 bits per heavy atom. The van der Waals surface area contributed by atoms with Crippen molar-refractivity contribution in [1.29, 1.82) is 0 Å². The Hall–Kier alpha value is -1.93. The number of nitrogens with zero attached hydrogens (tertiary/aromatic N) is 3. The monoisotopic (exact) mass is 447 g/mol. The van der Waals surface area contributed by atoms with Crippen LogP contribution in [0.1, 0.15) is 57.9 Å². The highest BCUT2D eigenvalue weighted by atomic mass is 32.2. The number of hydrogen-bond acceptors (Lipinski definition) is 4. The summed E-state index contributed by atoms with van der Waals surface area (Å²) in [6.07, 6.45) is 6.48. The largest absolute Gasteiger partial charge is 0.342 e. The Kier molecular flexibility index (Phi) is 6.40. The smallest absolute Gasteiger partial charge is 0.243 e. The van der Waals surface area contributed by atoms with Crippen LogP contribution in [0.25, 0.3) is 0 Å². The molecule has 1 aromatic rings. The van der Waals surface area contributed by atoms with E-state index in [1.807, 2.05) is 11.8 Å². The molecule has 3 heterocycles. The van der Waals surface area contributed by atoms with E-state index < -0.39 is 10.0 Å². The summed E-state index contributed by atoms with van der Waals surface area (Å²) in [7, 11) is -3.68. The van der Waals surface area contributed by atoms with Crippen LogP contribution in [0.2, 0.25) is 0 Å². The molecule has 0 radical (unpaired) electrons. The van der Waals surface area contributed by atoms with Gasteiger partial charge in [-0.25, -0.2) is 8.42 Å². The highest BCUT2D eigenvalue weighted by Gasteiger charge is 2.36. The minimum atomic E-state index is -3.68. The number of anilines is 1. The van der Waals surface area contributed by atoms with Crippen LogP contribution in [0.15, 0.2) is 23.1 Å². The summed E-state index contributed by atoms with van der Waals surface area (Å²) in [5.74, 6) is -0.182. The molecule has 2 saturated heterocycles. The summed E-state index contributed by atoms with van der Waals surface area (Å²) >= 11 is 0. The molecule has 0 saturated carbocycles. The number of amides is 2. The zero-order valence-corrected chi connectivity index (χ0v) is 19.4. The van der Waals surface area contributed by atoms with Crippen LogP contribution >= 0.6 is 0 Å². The minimum absolute atomic E-state index is 0.0241. The van der Waals surface area contributed by atoms with Gasteiger partial charge in [-0.05, 0) is 62.8 Å². The van der Waals surface area contributed by atoms with E-state index in [1.165, 1.54) is 11.2 Å². The molecule has 4 rings (SSSR count). The van der Waals surface area contributed by atoms with Gasteiger partial charge >= 0.3 is 0 Å². The van der Waals surface area contributed by atoms with Crippen LogP contribution in [0, 0.1) is 5.92 Å². The molecule has 2 atom stereocenters. The van der Waals surface area contributed by atoms with Crippen LogP contribution < -0.4 is 4.90 Å². The van der Waals surface area contributed by atoms with Gasteiger partial charge in [0, 0.05) is 44.8 Å². The van der Waals surface area contributed by atoms with Crippen LogP contribution in [0.4, 0.5) is 5.69 Å². The first-order valence-electron chi connectivity index (χ1n) is 11.5. The zero-order chi connectivity index (χ0) is 22.2.